The van der Waals surface area contributed by atoms with Crippen LogP contribution in [0.15, 0.2) is 0 Å². The van der Waals surface area contributed by atoms with Gasteiger partial charge in [-0.2, -0.15) is 0 Å². The molecule has 0 saturated heterocycles. The molecule has 0 aliphatic heterocycles. The molecule has 1 heteroatoms. The van der Waals surface area contributed by atoms with Crippen LogP contribution in [0.5, 0.6) is 0 Å². The van der Waals surface area contributed by atoms with Gasteiger partial charge in [-0.25, -0.2) is 0 Å². The van der Waals surface area contributed by atoms with Gasteiger partial charge in [-0.1, -0.05) is 33.6 Å². The van der Waals surface area contributed by atoms with Gasteiger partial charge in [0.1, 0.15) is 6.29 Å². The van der Waals surface area contributed by atoms with Crippen LogP contribution in [0.1, 0.15) is 85.0 Å². The van der Waals surface area contributed by atoms with Crippen LogP contribution in [0.25, 0.3) is 0 Å². The molecule has 0 aromatic rings. The average molecular weight is 317 g/mol. The lowest BCUT2D eigenvalue weighted by atomic mass is 9.44. The second-order valence-electron chi connectivity index (χ2n) is 10.1. The van der Waals surface area contributed by atoms with E-state index in [-0.39, 0.29) is 5.92 Å². The SMILES string of the molecule is CC(C=O)[C@H]1CC[C@H]2[C@@H]3CCC4CCCC[C@]4(C)[C@H]3CC[C@]12C. The quantitative estimate of drug-likeness (QED) is 0.582. The maximum atomic E-state index is 11.4. The highest BCUT2D eigenvalue weighted by atomic mass is 16.1. The Hall–Kier alpha value is -0.330. The molecule has 4 rings (SSSR count). The first kappa shape index (κ1) is 16.2. The Morgan fingerprint density at radius 1 is 0.870 bits per heavy atom. The normalized spacial score (nSPS) is 53.8. The zero-order valence-electron chi connectivity index (χ0n) is 15.5. The highest BCUT2D eigenvalue weighted by molar-refractivity contribution is 5.53. The van der Waals surface area contributed by atoms with E-state index in [0.717, 1.165) is 23.7 Å². The molecule has 0 spiro atoms. The van der Waals surface area contributed by atoms with Crippen LogP contribution >= 0.6 is 0 Å². The molecular formula is C22H36O. The molecule has 0 N–H and O–H groups in total. The highest BCUT2D eigenvalue weighted by Crippen LogP contribution is 2.68. The van der Waals surface area contributed by atoms with Crippen LogP contribution in [0.2, 0.25) is 0 Å². The largest absolute Gasteiger partial charge is 0.303 e. The summed E-state index contributed by atoms with van der Waals surface area (Å²) in [6.07, 6.45) is 15.8. The van der Waals surface area contributed by atoms with Crippen molar-refractivity contribution in [3.05, 3.63) is 0 Å². The van der Waals surface area contributed by atoms with Gasteiger partial charge in [0, 0.05) is 5.92 Å². The van der Waals surface area contributed by atoms with Crippen molar-refractivity contribution in [2.45, 2.75) is 85.0 Å². The number of rotatable bonds is 2. The van der Waals surface area contributed by atoms with Crippen molar-refractivity contribution in [3.63, 3.8) is 0 Å². The number of hydrogen-bond acceptors (Lipinski definition) is 1. The van der Waals surface area contributed by atoms with Gasteiger partial charge < -0.3 is 4.79 Å². The summed E-state index contributed by atoms with van der Waals surface area (Å²) < 4.78 is 0. The van der Waals surface area contributed by atoms with Crippen molar-refractivity contribution in [1.29, 1.82) is 0 Å². The predicted molar refractivity (Wildman–Crippen MR) is 95.1 cm³/mol. The minimum absolute atomic E-state index is 0.267. The van der Waals surface area contributed by atoms with Crippen LogP contribution in [-0.2, 0) is 4.79 Å². The summed E-state index contributed by atoms with van der Waals surface area (Å²) in [5.74, 6) is 4.81. The summed E-state index contributed by atoms with van der Waals surface area (Å²) in [5, 5.41) is 0. The Bertz CT molecular complexity index is 471. The van der Waals surface area contributed by atoms with Crippen molar-refractivity contribution >= 4 is 6.29 Å². The van der Waals surface area contributed by atoms with Gasteiger partial charge in [0.15, 0.2) is 0 Å². The van der Waals surface area contributed by atoms with E-state index in [1.165, 1.54) is 70.5 Å². The van der Waals surface area contributed by atoms with E-state index in [4.69, 9.17) is 0 Å². The molecule has 4 aliphatic carbocycles. The highest BCUT2D eigenvalue weighted by Gasteiger charge is 2.60. The zero-order valence-corrected chi connectivity index (χ0v) is 15.5. The molecule has 0 heterocycles. The molecule has 0 radical (unpaired) electrons. The fraction of sp³-hybridized carbons (Fsp3) is 0.955. The fourth-order valence-corrected chi connectivity index (χ4v) is 8.29. The molecule has 0 aromatic heterocycles. The van der Waals surface area contributed by atoms with E-state index < -0.39 is 0 Å². The lowest BCUT2D eigenvalue weighted by molar-refractivity contribution is -0.123. The molecule has 0 amide bonds. The first-order valence-corrected chi connectivity index (χ1v) is 10.5. The number of fused-ring (bicyclic) bond motifs is 5. The van der Waals surface area contributed by atoms with Crippen molar-refractivity contribution in [2.75, 3.05) is 0 Å². The van der Waals surface area contributed by atoms with Crippen LogP contribution in [0, 0.1) is 46.3 Å². The van der Waals surface area contributed by atoms with E-state index in [2.05, 4.69) is 20.8 Å². The Morgan fingerprint density at radius 2 is 1.65 bits per heavy atom. The first-order valence-electron chi connectivity index (χ1n) is 10.5. The third kappa shape index (κ3) is 2.20. The maximum absolute atomic E-state index is 11.4. The molecule has 0 bridgehead atoms. The van der Waals surface area contributed by atoms with Gasteiger partial charge in [0.05, 0.1) is 0 Å². The van der Waals surface area contributed by atoms with Crippen LogP contribution in [0.3, 0.4) is 0 Å². The Kier molecular flexibility index (Phi) is 3.93. The van der Waals surface area contributed by atoms with Gasteiger partial charge in [-0.15, -0.1) is 0 Å². The number of aldehydes is 1. The van der Waals surface area contributed by atoms with E-state index in [9.17, 15) is 4.79 Å². The third-order valence-corrected chi connectivity index (χ3v) is 9.51. The third-order valence-electron chi connectivity index (χ3n) is 9.51. The summed E-state index contributed by atoms with van der Waals surface area (Å²) in [4.78, 5) is 11.4. The zero-order chi connectivity index (χ0) is 16.2. The Balaban J connectivity index is 1.61. The molecule has 4 fully saturated rings. The molecule has 130 valence electrons. The number of carbonyl (C=O) groups is 1. The molecular weight excluding hydrogens is 280 g/mol. The molecule has 4 aliphatic rings. The Morgan fingerprint density at radius 3 is 2.43 bits per heavy atom. The summed E-state index contributed by atoms with van der Waals surface area (Å²) >= 11 is 0. The molecule has 4 saturated carbocycles. The van der Waals surface area contributed by atoms with E-state index in [0.29, 0.717) is 16.7 Å². The van der Waals surface area contributed by atoms with Crippen molar-refractivity contribution in [3.8, 4) is 0 Å². The van der Waals surface area contributed by atoms with Crippen LogP contribution in [0.4, 0.5) is 0 Å². The monoisotopic (exact) mass is 316 g/mol. The summed E-state index contributed by atoms with van der Waals surface area (Å²) in [5.41, 5.74) is 1.11. The number of hydrogen-bond donors (Lipinski definition) is 0. The lowest BCUT2D eigenvalue weighted by Gasteiger charge is -2.60. The van der Waals surface area contributed by atoms with E-state index in [1.54, 1.807) is 0 Å². The van der Waals surface area contributed by atoms with Gasteiger partial charge >= 0.3 is 0 Å². The maximum Gasteiger partial charge on any atom is 0.123 e. The minimum Gasteiger partial charge on any atom is -0.303 e. The molecule has 23 heavy (non-hydrogen) atoms. The van der Waals surface area contributed by atoms with Gasteiger partial charge in [-0.3, -0.25) is 0 Å². The van der Waals surface area contributed by atoms with Gasteiger partial charge in [0.25, 0.3) is 0 Å². The minimum atomic E-state index is 0.267. The summed E-state index contributed by atoms with van der Waals surface area (Å²) in [6.45, 7) is 7.40. The van der Waals surface area contributed by atoms with Gasteiger partial charge in [0.2, 0.25) is 0 Å². The summed E-state index contributed by atoms with van der Waals surface area (Å²) in [7, 11) is 0. The number of carbonyl (C=O) groups excluding carboxylic acids is 1. The predicted octanol–water partition coefficient (Wildman–Crippen LogP) is 5.87. The second-order valence-corrected chi connectivity index (χ2v) is 10.1. The lowest BCUT2D eigenvalue weighted by Crippen LogP contribution is -2.53. The average Bonchev–Trinajstić information content (AvgIpc) is 2.91. The molecule has 8 atom stereocenters. The van der Waals surface area contributed by atoms with Crippen LogP contribution in [-0.4, -0.2) is 6.29 Å². The Labute approximate surface area is 143 Å². The molecule has 0 aromatic carbocycles. The van der Waals surface area contributed by atoms with Crippen molar-refractivity contribution in [2.24, 2.45) is 46.3 Å². The smallest absolute Gasteiger partial charge is 0.123 e. The van der Waals surface area contributed by atoms with E-state index in [1.807, 2.05) is 0 Å². The molecule has 2 unspecified atom stereocenters. The van der Waals surface area contributed by atoms with Crippen molar-refractivity contribution < 1.29 is 4.79 Å². The van der Waals surface area contributed by atoms with Crippen molar-refractivity contribution in [1.82, 2.24) is 0 Å². The van der Waals surface area contributed by atoms with Crippen LogP contribution < -0.4 is 0 Å². The summed E-state index contributed by atoms with van der Waals surface area (Å²) in [6, 6.07) is 0. The first-order chi connectivity index (χ1) is 11.0. The van der Waals surface area contributed by atoms with E-state index >= 15 is 0 Å². The molecule has 1 nitrogen and oxygen atoms in total. The topological polar surface area (TPSA) is 17.1 Å². The van der Waals surface area contributed by atoms with Gasteiger partial charge in [-0.05, 0) is 91.8 Å². The fourth-order valence-electron chi connectivity index (χ4n) is 8.29. The standard InChI is InChI=1S/C22H36O/c1-15(14-23)18-9-10-19-17-8-7-16-6-4-5-12-21(16,2)20(17)11-13-22(18,19)3/h14-20H,4-13H2,1-3H3/t15?,16?,17-,18+,19-,20-,21-,22+/m0/s1. The second kappa shape index (κ2) is 5.60.